The van der Waals surface area contributed by atoms with Crippen molar-refractivity contribution in [1.29, 1.82) is 5.26 Å². The van der Waals surface area contributed by atoms with Crippen LogP contribution in [0.4, 0.5) is 0 Å². The van der Waals surface area contributed by atoms with Crippen molar-refractivity contribution in [2.24, 2.45) is 0 Å². The van der Waals surface area contributed by atoms with Gasteiger partial charge in [0.1, 0.15) is 6.61 Å². The molecule has 4 nitrogen and oxygen atoms in total. The lowest BCUT2D eigenvalue weighted by Gasteiger charge is -2.04. The van der Waals surface area contributed by atoms with Gasteiger partial charge >= 0.3 is 5.97 Å². The second kappa shape index (κ2) is 8.11. The highest BCUT2D eigenvalue weighted by Gasteiger charge is 2.07. The zero-order valence-electron chi connectivity index (χ0n) is 8.58. The summed E-state index contributed by atoms with van der Waals surface area (Å²) in [4.78, 5) is 11.2. The van der Waals surface area contributed by atoms with Crippen LogP contribution in [0.3, 0.4) is 0 Å². The number of nitrogens with zero attached hydrogens (tertiary/aromatic N) is 1. The first-order chi connectivity index (χ1) is 6.76. The predicted octanol–water partition coefficient (Wildman–Crippen LogP) is 1.77. The molecule has 0 saturated heterocycles. The SMILES string of the molecule is CCOC(=O)C(=COCCC#N)CC. The third-order valence-corrected chi connectivity index (χ3v) is 1.48. The van der Waals surface area contributed by atoms with Gasteiger partial charge in [-0.15, -0.1) is 0 Å². The number of nitriles is 1. The minimum Gasteiger partial charge on any atom is -0.500 e. The second-order valence-corrected chi connectivity index (χ2v) is 2.50. The lowest BCUT2D eigenvalue weighted by molar-refractivity contribution is -0.138. The first-order valence-electron chi connectivity index (χ1n) is 4.60. The van der Waals surface area contributed by atoms with E-state index in [1.165, 1.54) is 6.26 Å². The van der Waals surface area contributed by atoms with Crippen LogP contribution in [-0.2, 0) is 14.3 Å². The fourth-order valence-corrected chi connectivity index (χ4v) is 0.764. The number of rotatable bonds is 6. The maximum atomic E-state index is 11.2. The van der Waals surface area contributed by atoms with Gasteiger partial charge in [-0.05, 0) is 13.3 Å². The topological polar surface area (TPSA) is 59.3 Å². The van der Waals surface area contributed by atoms with Gasteiger partial charge in [-0.1, -0.05) is 6.92 Å². The van der Waals surface area contributed by atoms with Gasteiger partial charge in [-0.25, -0.2) is 4.79 Å². The maximum absolute atomic E-state index is 11.2. The first-order valence-corrected chi connectivity index (χ1v) is 4.60. The highest BCUT2D eigenvalue weighted by Crippen LogP contribution is 2.03. The normalized spacial score (nSPS) is 10.5. The van der Waals surface area contributed by atoms with Crippen LogP contribution in [0.25, 0.3) is 0 Å². The summed E-state index contributed by atoms with van der Waals surface area (Å²) in [6.45, 7) is 4.26. The minimum absolute atomic E-state index is 0.305. The summed E-state index contributed by atoms with van der Waals surface area (Å²) in [6, 6.07) is 1.94. The standard InChI is InChI=1S/C10H15NO3/c1-3-9(10(12)14-4-2)8-13-7-5-6-11/h8H,3-5,7H2,1-2H3. The summed E-state index contributed by atoms with van der Waals surface area (Å²) < 4.78 is 9.81. The number of hydrogen-bond donors (Lipinski definition) is 0. The van der Waals surface area contributed by atoms with Crippen LogP contribution in [0.15, 0.2) is 11.8 Å². The van der Waals surface area contributed by atoms with Gasteiger partial charge in [0.05, 0.1) is 30.9 Å². The van der Waals surface area contributed by atoms with E-state index in [9.17, 15) is 4.79 Å². The van der Waals surface area contributed by atoms with Gasteiger partial charge < -0.3 is 9.47 Å². The van der Waals surface area contributed by atoms with Gasteiger partial charge in [0.25, 0.3) is 0 Å². The lowest BCUT2D eigenvalue weighted by atomic mass is 10.2. The molecule has 0 fully saturated rings. The Balaban J connectivity index is 3.99. The third kappa shape index (κ3) is 5.20. The quantitative estimate of drug-likeness (QED) is 0.282. The number of carbonyl (C=O) groups excluding carboxylic acids is 1. The van der Waals surface area contributed by atoms with E-state index in [1.807, 2.05) is 13.0 Å². The van der Waals surface area contributed by atoms with Crippen molar-refractivity contribution in [3.8, 4) is 6.07 Å². The van der Waals surface area contributed by atoms with Crippen molar-refractivity contribution in [1.82, 2.24) is 0 Å². The Bertz CT molecular complexity index is 240. The Morgan fingerprint density at radius 1 is 1.50 bits per heavy atom. The summed E-state index contributed by atoms with van der Waals surface area (Å²) in [5, 5.41) is 8.24. The molecule has 78 valence electrons. The number of hydrogen-bond acceptors (Lipinski definition) is 4. The summed E-state index contributed by atoms with van der Waals surface area (Å²) >= 11 is 0. The van der Waals surface area contributed by atoms with Crippen molar-refractivity contribution in [3.63, 3.8) is 0 Å². The number of esters is 1. The summed E-state index contributed by atoms with van der Waals surface area (Å²) in [7, 11) is 0. The average molecular weight is 197 g/mol. The van der Waals surface area contributed by atoms with Crippen LogP contribution in [0.1, 0.15) is 26.7 Å². The highest BCUT2D eigenvalue weighted by molar-refractivity contribution is 5.87. The highest BCUT2D eigenvalue weighted by atomic mass is 16.5. The molecule has 0 rings (SSSR count). The molecule has 0 saturated carbocycles. The molecular formula is C10H15NO3. The van der Waals surface area contributed by atoms with Gasteiger partial charge in [-0.2, -0.15) is 5.26 Å². The molecule has 0 bridgehead atoms. The monoisotopic (exact) mass is 197 g/mol. The molecule has 0 heterocycles. The molecule has 4 heteroatoms. The van der Waals surface area contributed by atoms with E-state index < -0.39 is 0 Å². The molecule has 0 radical (unpaired) electrons. The zero-order valence-corrected chi connectivity index (χ0v) is 8.58. The molecule has 0 spiro atoms. The third-order valence-electron chi connectivity index (χ3n) is 1.48. The lowest BCUT2D eigenvalue weighted by Crippen LogP contribution is -2.07. The Kier molecular flexibility index (Phi) is 7.24. The molecule has 0 N–H and O–H groups in total. The molecule has 0 aliphatic heterocycles. The van der Waals surface area contributed by atoms with Crippen molar-refractivity contribution < 1.29 is 14.3 Å². The number of ether oxygens (including phenoxy) is 2. The molecule has 0 aliphatic carbocycles. The van der Waals surface area contributed by atoms with Crippen LogP contribution in [-0.4, -0.2) is 19.2 Å². The largest absolute Gasteiger partial charge is 0.500 e. The average Bonchev–Trinajstić information content (AvgIpc) is 2.18. The zero-order chi connectivity index (χ0) is 10.8. The molecule has 0 amide bonds. The smallest absolute Gasteiger partial charge is 0.337 e. The van der Waals surface area contributed by atoms with Crippen LogP contribution in [0, 0.1) is 11.3 Å². The second-order valence-electron chi connectivity index (χ2n) is 2.50. The molecule has 14 heavy (non-hydrogen) atoms. The minimum atomic E-state index is -0.355. The van der Waals surface area contributed by atoms with Gasteiger partial charge in [0, 0.05) is 0 Å². The van der Waals surface area contributed by atoms with Crippen LogP contribution in [0.2, 0.25) is 0 Å². The van der Waals surface area contributed by atoms with E-state index >= 15 is 0 Å². The maximum Gasteiger partial charge on any atom is 0.337 e. The van der Waals surface area contributed by atoms with E-state index in [2.05, 4.69) is 0 Å². The van der Waals surface area contributed by atoms with Crippen molar-refractivity contribution >= 4 is 5.97 Å². The van der Waals surface area contributed by atoms with Gasteiger partial charge in [0.2, 0.25) is 0 Å². The number of carbonyl (C=O) groups is 1. The first kappa shape index (κ1) is 12.5. The van der Waals surface area contributed by atoms with E-state index in [-0.39, 0.29) is 5.97 Å². The van der Waals surface area contributed by atoms with E-state index in [1.54, 1.807) is 6.92 Å². The Hall–Kier alpha value is -1.50. The summed E-state index contributed by atoms with van der Waals surface area (Å²) in [5.74, 6) is -0.355. The molecular weight excluding hydrogens is 182 g/mol. The molecule has 0 aromatic rings. The Labute approximate surface area is 84.1 Å². The van der Waals surface area contributed by atoms with Gasteiger partial charge in [-0.3, -0.25) is 0 Å². The van der Waals surface area contributed by atoms with Crippen LogP contribution < -0.4 is 0 Å². The Morgan fingerprint density at radius 2 is 2.21 bits per heavy atom. The Morgan fingerprint density at radius 3 is 2.71 bits per heavy atom. The molecule has 0 aromatic carbocycles. The predicted molar refractivity (Wildman–Crippen MR) is 51.2 cm³/mol. The van der Waals surface area contributed by atoms with Crippen molar-refractivity contribution in [2.45, 2.75) is 26.7 Å². The van der Waals surface area contributed by atoms with Crippen molar-refractivity contribution in [3.05, 3.63) is 11.8 Å². The van der Waals surface area contributed by atoms with Gasteiger partial charge in [0.15, 0.2) is 0 Å². The fourth-order valence-electron chi connectivity index (χ4n) is 0.764. The summed E-state index contributed by atoms with van der Waals surface area (Å²) in [5.41, 5.74) is 0.491. The molecule has 0 atom stereocenters. The van der Waals surface area contributed by atoms with E-state index in [4.69, 9.17) is 14.7 Å². The fraction of sp³-hybridized carbons (Fsp3) is 0.600. The molecule has 0 unspecified atom stereocenters. The molecule has 0 aromatic heterocycles. The molecule has 0 aliphatic rings. The van der Waals surface area contributed by atoms with E-state index in [0.717, 1.165) is 0 Å². The van der Waals surface area contributed by atoms with Crippen molar-refractivity contribution in [2.75, 3.05) is 13.2 Å². The summed E-state index contributed by atoms with van der Waals surface area (Å²) in [6.07, 6.45) is 2.25. The van der Waals surface area contributed by atoms with E-state index in [0.29, 0.717) is 31.6 Å². The van der Waals surface area contributed by atoms with Crippen LogP contribution in [0.5, 0.6) is 0 Å². The van der Waals surface area contributed by atoms with Crippen LogP contribution >= 0.6 is 0 Å².